The van der Waals surface area contributed by atoms with Crippen LogP contribution in [0.5, 0.6) is 0 Å². The number of hydrogen-bond donors (Lipinski definition) is 2. The third-order valence-corrected chi connectivity index (χ3v) is 5.77. The van der Waals surface area contributed by atoms with Crippen LogP contribution >= 0.6 is 15.9 Å². The quantitative estimate of drug-likeness (QED) is 0.620. The van der Waals surface area contributed by atoms with Crippen LogP contribution in [0.4, 0.5) is 5.69 Å². The molecular weight excluding hydrogens is 436 g/mol. The normalized spacial score (nSPS) is 12.2. The summed E-state index contributed by atoms with van der Waals surface area (Å²) >= 11 is 3.30. The summed E-state index contributed by atoms with van der Waals surface area (Å²) in [5.74, 6) is -0.440. The van der Waals surface area contributed by atoms with Crippen molar-refractivity contribution in [2.75, 3.05) is 25.6 Å². The van der Waals surface area contributed by atoms with E-state index in [9.17, 15) is 13.2 Å². The van der Waals surface area contributed by atoms with Gasteiger partial charge in [0.1, 0.15) is 0 Å². The Kier molecular flexibility index (Phi) is 6.79. The van der Waals surface area contributed by atoms with Crippen LogP contribution in [-0.4, -0.2) is 44.4 Å². The molecule has 148 valence electrons. The highest BCUT2D eigenvalue weighted by atomic mass is 79.9. The van der Waals surface area contributed by atoms with E-state index in [4.69, 9.17) is 4.74 Å². The van der Waals surface area contributed by atoms with Gasteiger partial charge in [-0.1, -0.05) is 0 Å². The molecule has 0 radical (unpaired) electrons. The molecule has 0 bridgehead atoms. The zero-order valence-electron chi connectivity index (χ0n) is 15.6. The number of aromatic nitrogens is 2. The number of benzene rings is 1. The van der Waals surface area contributed by atoms with Crippen molar-refractivity contribution in [3.63, 3.8) is 0 Å². The summed E-state index contributed by atoms with van der Waals surface area (Å²) in [6, 6.07) is 4.27. The summed E-state index contributed by atoms with van der Waals surface area (Å²) in [4.78, 5) is 12.6. The Morgan fingerprint density at radius 2 is 2.04 bits per heavy atom. The summed E-state index contributed by atoms with van der Waals surface area (Å²) in [5.41, 5.74) is 0.507. The van der Waals surface area contributed by atoms with Crippen molar-refractivity contribution in [3.05, 3.63) is 40.6 Å². The second-order valence-electron chi connectivity index (χ2n) is 6.83. The van der Waals surface area contributed by atoms with Crippen molar-refractivity contribution in [2.45, 2.75) is 31.2 Å². The Bertz CT molecular complexity index is 919. The lowest BCUT2D eigenvalue weighted by atomic mass is 10.1. The molecule has 0 saturated heterocycles. The number of methoxy groups -OCH3 is 1. The summed E-state index contributed by atoms with van der Waals surface area (Å²) in [6.07, 6.45) is 3.27. The zero-order valence-corrected chi connectivity index (χ0v) is 18.0. The molecule has 2 rings (SSSR count). The number of nitrogens with zero attached hydrogens (tertiary/aromatic N) is 2. The Morgan fingerprint density at radius 3 is 2.63 bits per heavy atom. The van der Waals surface area contributed by atoms with Crippen LogP contribution in [0, 0.1) is 0 Å². The molecule has 2 aromatic rings. The van der Waals surface area contributed by atoms with E-state index >= 15 is 0 Å². The van der Waals surface area contributed by atoms with Gasteiger partial charge in [-0.3, -0.25) is 9.48 Å². The minimum Gasteiger partial charge on any atom is -0.383 e. The van der Waals surface area contributed by atoms with Gasteiger partial charge in [0, 0.05) is 24.3 Å². The molecule has 2 N–H and O–H groups in total. The highest BCUT2D eigenvalue weighted by Gasteiger charge is 2.20. The van der Waals surface area contributed by atoms with Gasteiger partial charge in [0.05, 0.1) is 34.5 Å². The largest absolute Gasteiger partial charge is 0.383 e. The molecule has 1 aromatic carbocycles. The molecule has 10 heteroatoms. The summed E-state index contributed by atoms with van der Waals surface area (Å²) in [5, 5.41) is 6.96. The first-order valence-corrected chi connectivity index (χ1v) is 10.5. The monoisotopic (exact) mass is 458 g/mol. The molecular formula is C17H23BrN4O4S. The first kappa shape index (κ1) is 21.5. The molecule has 0 fully saturated rings. The van der Waals surface area contributed by atoms with Gasteiger partial charge in [0.15, 0.2) is 0 Å². The van der Waals surface area contributed by atoms with E-state index in [1.807, 2.05) is 20.8 Å². The molecule has 8 nitrogen and oxygen atoms in total. The number of nitrogens with one attached hydrogen (secondary N) is 2. The number of amides is 1. The Hall–Kier alpha value is -1.75. The van der Waals surface area contributed by atoms with Crippen molar-refractivity contribution < 1.29 is 17.9 Å². The van der Waals surface area contributed by atoms with Gasteiger partial charge in [0.25, 0.3) is 5.91 Å². The van der Waals surface area contributed by atoms with Crippen molar-refractivity contribution in [1.29, 1.82) is 0 Å². The van der Waals surface area contributed by atoms with Crippen LogP contribution in [0.1, 0.15) is 31.1 Å². The topological polar surface area (TPSA) is 102 Å². The SMILES string of the molecule is COCCNS(=O)(=O)c1ccc(Br)c(C(=O)Nc2cnn(C(C)(C)C)c2)c1. The molecule has 1 heterocycles. The van der Waals surface area contributed by atoms with Crippen LogP contribution in [0.15, 0.2) is 40.0 Å². The van der Waals surface area contributed by atoms with Crippen molar-refractivity contribution >= 4 is 37.5 Å². The second-order valence-corrected chi connectivity index (χ2v) is 9.45. The van der Waals surface area contributed by atoms with E-state index in [0.29, 0.717) is 10.2 Å². The average Bonchev–Trinajstić information content (AvgIpc) is 3.04. The molecule has 0 spiro atoms. The van der Waals surface area contributed by atoms with Gasteiger partial charge in [-0.2, -0.15) is 5.10 Å². The van der Waals surface area contributed by atoms with Crippen LogP contribution in [0.3, 0.4) is 0 Å². The molecule has 0 unspecified atom stereocenters. The van der Waals surface area contributed by atoms with Crippen molar-refractivity contribution in [1.82, 2.24) is 14.5 Å². The predicted molar refractivity (Wildman–Crippen MR) is 106 cm³/mol. The molecule has 0 aliphatic carbocycles. The lowest BCUT2D eigenvalue weighted by Crippen LogP contribution is -2.27. The maximum absolute atomic E-state index is 12.6. The van der Waals surface area contributed by atoms with E-state index in [1.54, 1.807) is 17.1 Å². The number of hydrogen-bond acceptors (Lipinski definition) is 5. The van der Waals surface area contributed by atoms with Crippen molar-refractivity contribution in [2.24, 2.45) is 0 Å². The molecule has 0 atom stereocenters. The van der Waals surface area contributed by atoms with Gasteiger partial charge in [0.2, 0.25) is 10.0 Å². The molecule has 1 aromatic heterocycles. The minimum atomic E-state index is -3.74. The fraction of sp³-hybridized carbons (Fsp3) is 0.412. The Labute approximate surface area is 167 Å². The van der Waals surface area contributed by atoms with E-state index in [1.165, 1.54) is 25.3 Å². The van der Waals surface area contributed by atoms with Gasteiger partial charge >= 0.3 is 0 Å². The van der Waals surface area contributed by atoms with Crippen LogP contribution in [0.2, 0.25) is 0 Å². The second kappa shape index (κ2) is 8.51. The van der Waals surface area contributed by atoms with E-state index in [2.05, 4.69) is 31.1 Å². The average molecular weight is 459 g/mol. The molecule has 27 heavy (non-hydrogen) atoms. The summed E-state index contributed by atoms with van der Waals surface area (Å²) in [6.45, 7) is 6.37. The van der Waals surface area contributed by atoms with Crippen LogP contribution in [0.25, 0.3) is 0 Å². The maximum atomic E-state index is 12.6. The van der Waals surface area contributed by atoms with Gasteiger partial charge < -0.3 is 10.1 Å². The molecule has 0 aliphatic heterocycles. The number of sulfonamides is 1. The predicted octanol–water partition coefficient (Wildman–Crippen LogP) is 2.58. The zero-order chi connectivity index (χ0) is 20.2. The number of rotatable bonds is 7. The van der Waals surface area contributed by atoms with E-state index < -0.39 is 15.9 Å². The summed E-state index contributed by atoms with van der Waals surface area (Å²) < 4.78 is 34.2. The Morgan fingerprint density at radius 1 is 1.33 bits per heavy atom. The fourth-order valence-corrected chi connectivity index (χ4v) is 3.63. The summed E-state index contributed by atoms with van der Waals surface area (Å²) in [7, 11) is -2.26. The smallest absolute Gasteiger partial charge is 0.256 e. The van der Waals surface area contributed by atoms with Crippen LogP contribution in [-0.2, 0) is 20.3 Å². The maximum Gasteiger partial charge on any atom is 0.256 e. The van der Waals surface area contributed by atoms with Gasteiger partial charge in [-0.25, -0.2) is 13.1 Å². The third kappa shape index (κ3) is 5.61. The van der Waals surface area contributed by atoms with Crippen molar-refractivity contribution in [3.8, 4) is 0 Å². The lowest BCUT2D eigenvalue weighted by molar-refractivity contribution is 0.102. The highest BCUT2D eigenvalue weighted by Crippen LogP contribution is 2.23. The first-order valence-electron chi connectivity index (χ1n) is 8.19. The first-order chi connectivity index (χ1) is 12.5. The molecule has 0 aliphatic rings. The number of carbonyl (C=O) groups is 1. The number of halogens is 1. The molecule has 0 saturated carbocycles. The van der Waals surface area contributed by atoms with Crippen LogP contribution < -0.4 is 10.0 Å². The standard InChI is InChI=1S/C17H23BrN4O4S/c1-17(2,3)22-11-12(10-19-22)21-16(23)14-9-13(5-6-15(14)18)27(24,25)20-7-8-26-4/h5-6,9-11,20H,7-8H2,1-4H3,(H,21,23). The third-order valence-electron chi connectivity index (χ3n) is 3.62. The number of anilines is 1. The minimum absolute atomic E-state index is 0.00246. The van der Waals surface area contributed by atoms with Gasteiger partial charge in [-0.05, 0) is 54.9 Å². The number of carbonyl (C=O) groups excluding carboxylic acids is 1. The van der Waals surface area contributed by atoms with Gasteiger partial charge in [-0.15, -0.1) is 0 Å². The lowest BCUT2D eigenvalue weighted by Gasteiger charge is -2.18. The molecule has 1 amide bonds. The fourth-order valence-electron chi connectivity index (χ4n) is 2.16. The Balaban J connectivity index is 2.22. The number of ether oxygens (including phenoxy) is 1. The van der Waals surface area contributed by atoms with E-state index in [-0.39, 0.29) is 29.1 Å². The highest BCUT2D eigenvalue weighted by molar-refractivity contribution is 9.10. The van der Waals surface area contributed by atoms with E-state index in [0.717, 1.165) is 0 Å².